The Kier molecular flexibility index (Phi) is 2.86. The van der Waals surface area contributed by atoms with E-state index in [9.17, 15) is 4.79 Å². The van der Waals surface area contributed by atoms with E-state index in [1.807, 2.05) is 6.92 Å². The van der Waals surface area contributed by atoms with Gasteiger partial charge in [0.1, 0.15) is 0 Å². The highest BCUT2D eigenvalue weighted by Gasteiger charge is 2.57. The van der Waals surface area contributed by atoms with Gasteiger partial charge in [0, 0.05) is 11.3 Å². The Hall–Kier alpha value is -1.42. The van der Waals surface area contributed by atoms with Crippen molar-refractivity contribution in [3.8, 4) is 0 Å². The lowest BCUT2D eigenvalue weighted by molar-refractivity contribution is 0.0932. The van der Waals surface area contributed by atoms with E-state index in [1.54, 1.807) is 4.68 Å². The molecule has 1 N–H and O–H groups in total. The van der Waals surface area contributed by atoms with Crippen LogP contribution < -0.4 is 5.32 Å². The average molecular weight is 285 g/mol. The van der Waals surface area contributed by atoms with Crippen LogP contribution in [0.4, 0.5) is 0 Å². The van der Waals surface area contributed by atoms with E-state index in [-0.39, 0.29) is 11.4 Å². The normalized spacial score (nSPS) is 32.3. The summed E-state index contributed by atoms with van der Waals surface area (Å²) in [4.78, 5) is 12.6. The molecule has 112 valence electrons. The number of hydrogen-bond acceptors (Lipinski definition) is 3. The third-order valence-electron chi connectivity index (χ3n) is 5.65. The molecule has 0 aromatic carbocycles. The number of carbonyl (C=O) groups excluding carboxylic acids is 1. The highest BCUT2D eigenvalue weighted by Crippen LogP contribution is 2.55. The van der Waals surface area contributed by atoms with Crippen LogP contribution in [0.2, 0.25) is 0 Å². The van der Waals surface area contributed by atoms with Crippen molar-refractivity contribution >= 4 is 5.91 Å². The van der Waals surface area contributed by atoms with Crippen LogP contribution in [0, 0.1) is 5.92 Å². The van der Waals surface area contributed by atoms with E-state index in [2.05, 4.69) is 18.3 Å². The maximum absolute atomic E-state index is 12.6. The van der Waals surface area contributed by atoms with Gasteiger partial charge in [-0.25, -0.2) is 4.68 Å². The molecule has 1 saturated carbocycles. The summed E-state index contributed by atoms with van der Waals surface area (Å²) in [5, 5.41) is 8.39. The first-order chi connectivity index (χ1) is 10.1. The molecule has 4 rings (SSSR count). The van der Waals surface area contributed by atoms with Crippen LogP contribution >= 0.6 is 0 Å². The second-order valence-corrected chi connectivity index (χ2v) is 6.94. The molecule has 4 heteroatoms. The molecule has 1 aliphatic carbocycles. The van der Waals surface area contributed by atoms with E-state index in [1.165, 1.54) is 24.8 Å². The van der Waals surface area contributed by atoms with E-state index in [0.29, 0.717) is 0 Å². The first kappa shape index (κ1) is 13.3. The Labute approximate surface area is 125 Å². The van der Waals surface area contributed by atoms with Crippen molar-refractivity contribution in [1.29, 1.82) is 0 Å². The number of aromatic nitrogens is 2. The quantitative estimate of drug-likeness (QED) is 0.863. The van der Waals surface area contributed by atoms with Crippen LogP contribution in [0.5, 0.6) is 0 Å². The molecule has 2 atom stereocenters. The number of nitrogens with one attached hydrogen (secondary N) is 1. The predicted octanol–water partition coefficient (Wildman–Crippen LogP) is 2.79. The van der Waals surface area contributed by atoms with Gasteiger partial charge in [0.15, 0.2) is 0 Å². The second kappa shape index (κ2) is 4.54. The first-order valence-electron chi connectivity index (χ1n) is 8.17. The second-order valence-electron chi connectivity index (χ2n) is 6.94. The molecule has 1 aromatic heterocycles. The number of allylic oxidation sites excluding steroid dienone is 2. The predicted molar refractivity (Wildman–Crippen MR) is 81.2 cm³/mol. The van der Waals surface area contributed by atoms with Crippen molar-refractivity contribution in [3.05, 3.63) is 28.6 Å². The molecule has 1 saturated heterocycles. The van der Waals surface area contributed by atoms with Gasteiger partial charge in [0.05, 0.1) is 11.2 Å². The van der Waals surface area contributed by atoms with Crippen LogP contribution in [-0.2, 0) is 12.0 Å². The van der Waals surface area contributed by atoms with E-state index < -0.39 is 0 Å². The van der Waals surface area contributed by atoms with Crippen LogP contribution in [0.15, 0.2) is 17.2 Å². The lowest BCUT2D eigenvalue weighted by Crippen LogP contribution is -2.35. The molecule has 0 amide bonds. The molecule has 4 nitrogen and oxygen atoms in total. The Morgan fingerprint density at radius 2 is 2.19 bits per heavy atom. The number of rotatable bonds is 1. The fourth-order valence-electron chi connectivity index (χ4n) is 4.01. The van der Waals surface area contributed by atoms with Crippen molar-refractivity contribution in [2.45, 2.75) is 57.9 Å². The smallest absolute Gasteiger partial charge is 0.273 e. The molecular weight excluding hydrogens is 262 g/mol. The monoisotopic (exact) mass is 285 g/mol. The topological polar surface area (TPSA) is 46.9 Å². The molecule has 3 aliphatic rings. The zero-order valence-electron chi connectivity index (χ0n) is 12.9. The van der Waals surface area contributed by atoms with E-state index in [0.717, 1.165) is 48.7 Å². The van der Waals surface area contributed by atoms with Gasteiger partial charge in [-0.2, -0.15) is 5.10 Å². The van der Waals surface area contributed by atoms with Gasteiger partial charge in [-0.15, -0.1) is 0 Å². The summed E-state index contributed by atoms with van der Waals surface area (Å²) < 4.78 is 1.67. The summed E-state index contributed by atoms with van der Waals surface area (Å²) in [5.74, 6) is 0.791. The molecule has 0 unspecified atom stereocenters. The minimum Gasteiger partial charge on any atom is -0.306 e. The number of fused-ring (bicyclic) bond motifs is 2. The molecule has 1 aromatic rings. The summed E-state index contributed by atoms with van der Waals surface area (Å²) in [5.41, 5.74) is 4.35. The van der Waals surface area contributed by atoms with Gasteiger partial charge in [-0.1, -0.05) is 5.57 Å². The lowest BCUT2D eigenvalue weighted by Gasteiger charge is -2.21. The van der Waals surface area contributed by atoms with Crippen molar-refractivity contribution < 1.29 is 4.79 Å². The summed E-state index contributed by atoms with van der Waals surface area (Å²) in [6, 6.07) is 2.18. The Bertz CT molecular complexity index is 642. The Morgan fingerprint density at radius 1 is 1.33 bits per heavy atom. The largest absolute Gasteiger partial charge is 0.306 e. The van der Waals surface area contributed by atoms with Crippen molar-refractivity contribution in [3.63, 3.8) is 0 Å². The van der Waals surface area contributed by atoms with Crippen LogP contribution in [0.25, 0.3) is 0 Å². The molecule has 3 heterocycles. The highest BCUT2D eigenvalue weighted by atomic mass is 16.2. The van der Waals surface area contributed by atoms with Crippen molar-refractivity contribution in [2.75, 3.05) is 6.54 Å². The summed E-state index contributed by atoms with van der Waals surface area (Å²) in [6.45, 7) is 5.08. The third-order valence-corrected chi connectivity index (χ3v) is 5.65. The number of piperidine rings is 1. The molecule has 21 heavy (non-hydrogen) atoms. The molecule has 2 aliphatic heterocycles. The summed E-state index contributed by atoms with van der Waals surface area (Å²) >= 11 is 0. The van der Waals surface area contributed by atoms with E-state index >= 15 is 0 Å². The Balaban J connectivity index is 1.74. The Morgan fingerprint density at radius 3 is 3.00 bits per heavy atom. The van der Waals surface area contributed by atoms with Gasteiger partial charge in [-0.3, -0.25) is 4.79 Å². The van der Waals surface area contributed by atoms with Gasteiger partial charge in [0.2, 0.25) is 0 Å². The number of nitrogens with zero attached hydrogens (tertiary/aromatic N) is 2. The summed E-state index contributed by atoms with van der Waals surface area (Å²) in [7, 11) is 0. The zero-order valence-corrected chi connectivity index (χ0v) is 12.9. The molecular formula is C17H23N3O. The number of carbonyl (C=O) groups is 1. The van der Waals surface area contributed by atoms with Crippen molar-refractivity contribution in [1.82, 2.24) is 15.1 Å². The van der Waals surface area contributed by atoms with Gasteiger partial charge >= 0.3 is 0 Å². The fourth-order valence-corrected chi connectivity index (χ4v) is 4.01. The number of hydrogen-bond donors (Lipinski definition) is 1. The third kappa shape index (κ3) is 1.92. The SMILES string of the molecule is CC1=C(C)C(=O)n2nc([C@@]34C[C@@H]3CCCN4)cc2CCC1. The van der Waals surface area contributed by atoms with Crippen molar-refractivity contribution in [2.24, 2.45) is 5.92 Å². The average Bonchev–Trinajstić information content (AvgIpc) is 3.10. The van der Waals surface area contributed by atoms with Gasteiger partial charge in [-0.05, 0) is 70.9 Å². The van der Waals surface area contributed by atoms with Crippen LogP contribution in [-0.4, -0.2) is 22.2 Å². The maximum atomic E-state index is 12.6. The minimum absolute atomic E-state index is 0.0675. The van der Waals surface area contributed by atoms with Crippen LogP contribution in [0.1, 0.15) is 62.1 Å². The highest BCUT2D eigenvalue weighted by molar-refractivity contribution is 5.95. The molecule has 0 radical (unpaired) electrons. The number of aryl methyl sites for hydroxylation is 1. The van der Waals surface area contributed by atoms with Crippen LogP contribution in [0.3, 0.4) is 0 Å². The fraction of sp³-hybridized carbons (Fsp3) is 0.647. The standard InChI is InChI=1S/C17H23N3O/c1-11-5-3-7-14-9-15(19-20(14)16(21)12(11)2)17-10-13(17)6-4-8-18-17/h9,13,18H,3-8,10H2,1-2H3/t13-,17+/m0/s1. The molecule has 0 bridgehead atoms. The minimum atomic E-state index is 0.0675. The summed E-state index contributed by atoms with van der Waals surface area (Å²) in [6.07, 6.45) is 6.81. The van der Waals surface area contributed by atoms with E-state index in [4.69, 9.17) is 5.10 Å². The maximum Gasteiger partial charge on any atom is 0.273 e. The molecule has 0 spiro atoms. The first-order valence-corrected chi connectivity index (χ1v) is 8.17. The molecule has 2 fully saturated rings. The zero-order chi connectivity index (χ0) is 14.6. The van der Waals surface area contributed by atoms with Gasteiger partial charge in [0.25, 0.3) is 5.91 Å². The van der Waals surface area contributed by atoms with Gasteiger partial charge < -0.3 is 5.32 Å². The lowest BCUT2D eigenvalue weighted by atomic mass is 9.99.